The van der Waals surface area contributed by atoms with Gasteiger partial charge in [0.05, 0.1) is 17.3 Å². The highest BCUT2D eigenvalue weighted by molar-refractivity contribution is 5.85. The number of nitrogens with zero attached hydrogens (tertiary/aromatic N) is 2. The number of fused-ring (bicyclic) bond motifs is 1. The molecule has 0 aliphatic heterocycles. The first-order valence-corrected chi connectivity index (χ1v) is 4.31. The Bertz CT molecular complexity index is 517. The van der Waals surface area contributed by atoms with Gasteiger partial charge in [0.15, 0.2) is 0 Å². The van der Waals surface area contributed by atoms with Crippen LogP contribution in [0.15, 0.2) is 24.7 Å². The lowest BCUT2D eigenvalue weighted by Crippen LogP contribution is -1.83. The predicted molar refractivity (Wildman–Crippen MR) is 54.7 cm³/mol. The molecule has 0 unspecified atom stereocenters. The second-order valence-corrected chi connectivity index (χ2v) is 3.01. The third-order valence-electron chi connectivity index (χ3n) is 2.10. The second-order valence-electron chi connectivity index (χ2n) is 3.01. The molecule has 3 heteroatoms. The fourth-order valence-corrected chi connectivity index (χ4v) is 1.46. The van der Waals surface area contributed by atoms with Crippen LogP contribution in [0.4, 0.5) is 0 Å². The van der Waals surface area contributed by atoms with Crippen molar-refractivity contribution in [1.29, 1.82) is 0 Å². The number of aliphatic hydroxyl groups is 1. The molecular formula is C11H10N2O. The molecule has 0 bridgehead atoms. The number of aryl methyl sites for hydroxylation is 1. The van der Waals surface area contributed by atoms with Crippen LogP contribution in [-0.2, 0) is 7.05 Å². The molecule has 0 fully saturated rings. The first-order chi connectivity index (χ1) is 6.83. The average molecular weight is 186 g/mol. The molecule has 0 aliphatic rings. The molecule has 1 N–H and O–H groups in total. The zero-order valence-corrected chi connectivity index (χ0v) is 7.86. The zero-order valence-electron chi connectivity index (χ0n) is 7.86. The van der Waals surface area contributed by atoms with E-state index in [4.69, 9.17) is 5.11 Å². The molecule has 0 aliphatic carbocycles. The van der Waals surface area contributed by atoms with E-state index in [1.807, 2.05) is 23.9 Å². The van der Waals surface area contributed by atoms with Gasteiger partial charge >= 0.3 is 0 Å². The molecule has 0 spiro atoms. The third kappa shape index (κ3) is 1.36. The summed E-state index contributed by atoms with van der Waals surface area (Å²) in [4.78, 5) is 4.05. The summed E-state index contributed by atoms with van der Waals surface area (Å²) in [5, 5.41) is 9.69. The predicted octanol–water partition coefficient (Wildman–Crippen LogP) is 0.917. The Hall–Kier alpha value is -1.79. The Morgan fingerprint density at radius 2 is 2.43 bits per heavy atom. The van der Waals surface area contributed by atoms with E-state index in [1.165, 1.54) is 0 Å². The minimum absolute atomic E-state index is 0.110. The molecule has 3 nitrogen and oxygen atoms in total. The van der Waals surface area contributed by atoms with E-state index >= 15 is 0 Å². The summed E-state index contributed by atoms with van der Waals surface area (Å²) in [7, 11) is 1.95. The minimum atomic E-state index is -0.110. The summed E-state index contributed by atoms with van der Waals surface area (Å²) in [6, 6.07) is 1.93. The van der Waals surface area contributed by atoms with E-state index in [9.17, 15) is 0 Å². The van der Waals surface area contributed by atoms with Crippen LogP contribution in [0, 0.1) is 11.8 Å². The van der Waals surface area contributed by atoms with Crippen molar-refractivity contribution in [2.75, 3.05) is 6.61 Å². The van der Waals surface area contributed by atoms with Gasteiger partial charge in [-0.1, -0.05) is 11.8 Å². The topological polar surface area (TPSA) is 38.0 Å². The maximum Gasteiger partial charge on any atom is 0.104 e. The number of aliphatic hydroxyl groups excluding tert-OH is 1. The SMILES string of the molecule is Cn1cc(C#CCO)c2ccncc21. The fraction of sp³-hybridized carbons (Fsp3) is 0.182. The number of aromatic nitrogens is 2. The lowest BCUT2D eigenvalue weighted by atomic mass is 10.2. The molecule has 0 saturated heterocycles. The van der Waals surface area contributed by atoms with Crippen molar-refractivity contribution in [2.45, 2.75) is 0 Å². The van der Waals surface area contributed by atoms with Crippen molar-refractivity contribution in [3.8, 4) is 11.8 Å². The molecule has 14 heavy (non-hydrogen) atoms. The van der Waals surface area contributed by atoms with Crippen LogP contribution >= 0.6 is 0 Å². The van der Waals surface area contributed by atoms with Crippen molar-refractivity contribution in [3.63, 3.8) is 0 Å². The Labute approximate surface area is 82.0 Å². The highest BCUT2D eigenvalue weighted by Crippen LogP contribution is 2.17. The van der Waals surface area contributed by atoms with E-state index in [-0.39, 0.29) is 6.61 Å². The Morgan fingerprint density at radius 3 is 3.21 bits per heavy atom. The molecule has 0 aromatic carbocycles. The van der Waals surface area contributed by atoms with Crippen LogP contribution in [0.25, 0.3) is 10.9 Å². The van der Waals surface area contributed by atoms with Crippen LogP contribution in [0.3, 0.4) is 0 Å². The Morgan fingerprint density at radius 1 is 1.57 bits per heavy atom. The third-order valence-corrected chi connectivity index (χ3v) is 2.10. The molecule has 0 radical (unpaired) electrons. The summed E-state index contributed by atoms with van der Waals surface area (Å²) >= 11 is 0. The van der Waals surface area contributed by atoms with Gasteiger partial charge in [-0.2, -0.15) is 0 Å². The van der Waals surface area contributed by atoms with E-state index in [0.717, 1.165) is 16.5 Å². The van der Waals surface area contributed by atoms with Crippen LogP contribution in [0.5, 0.6) is 0 Å². The van der Waals surface area contributed by atoms with E-state index in [0.29, 0.717) is 0 Å². The van der Waals surface area contributed by atoms with E-state index < -0.39 is 0 Å². The lowest BCUT2D eigenvalue weighted by Gasteiger charge is -1.91. The van der Waals surface area contributed by atoms with E-state index in [1.54, 1.807) is 12.4 Å². The standard InChI is InChI=1S/C11H10N2O/c1-13-8-9(3-2-6-14)10-4-5-12-7-11(10)13/h4-5,7-8,14H,6H2,1H3. The molecule has 0 amide bonds. The van der Waals surface area contributed by atoms with Gasteiger partial charge in [0.2, 0.25) is 0 Å². The summed E-state index contributed by atoms with van der Waals surface area (Å²) in [6.07, 6.45) is 5.49. The van der Waals surface area contributed by atoms with Crippen LogP contribution < -0.4 is 0 Å². The number of hydrogen-bond acceptors (Lipinski definition) is 2. The van der Waals surface area contributed by atoms with Gasteiger partial charge in [0.1, 0.15) is 6.61 Å². The first kappa shape index (κ1) is 8.79. The molecular weight excluding hydrogens is 176 g/mol. The second kappa shape index (κ2) is 3.52. The largest absolute Gasteiger partial charge is 0.384 e. The molecule has 2 aromatic rings. The van der Waals surface area contributed by atoms with Gasteiger partial charge in [-0.15, -0.1) is 0 Å². The maximum atomic E-state index is 8.61. The van der Waals surface area contributed by atoms with Crippen LogP contribution in [-0.4, -0.2) is 21.3 Å². The lowest BCUT2D eigenvalue weighted by molar-refractivity contribution is 0.350. The van der Waals surface area contributed by atoms with Crippen molar-refractivity contribution in [2.24, 2.45) is 7.05 Å². The smallest absolute Gasteiger partial charge is 0.104 e. The quantitative estimate of drug-likeness (QED) is 0.621. The van der Waals surface area contributed by atoms with Crippen LogP contribution in [0.1, 0.15) is 5.56 Å². The van der Waals surface area contributed by atoms with Gasteiger partial charge in [-0.25, -0.2) is 0 Å². The number of rotatable bonds is 0. The Kier molecular flexibility index (Phi) is 2.21. The highest BCUT2D eigenvalue weighted by atomic mass is 16.2. The number of hydrogen-bond donors (Lipinski definition) is 1. The normalized spacial score (nSPS) is 9.86. The van der Waals surface area contributed by atoms with Crippen LogP contribution in [0.2, 0.25) is 0 Å². The monoisotopic (exact) mass is 186 g/mol. The minimum Gasteiger partial charge on any atom is -0.384 e. The summed E-state index contributed by atoms with van der Waals surface area (Å²) < 4.78 is 1.98. The maximum absolute atomic E-state index is 8.61. The van der Waals surface area contributed by atoms with E-state index in [2.05, 4.69) is 16.8 Å². The molecule has 0 saturated carbocycles. The number of pyridine rings is 1. The van der Waals surface area contributed by atoms with Crippen molar-refractivity contribution >= 4 is 10.9 Å². The molecule has 2 aromatic heterocycles. The summed E-state index contributed by atoms with van der Waals surface area (Å²) in [6.45, 7) is -0.110. The van der Waals surface area contributed by atoms with Crippen molar-refractivity contribution in [3.05, 3.63) is 30.2 Å². The summed E-state index contributed by atoms with van der Waals surface area (Å²) in [5.74, 6) is 5.55. The summed E-state index contributed by atoms with van der Waals surface area (Å²) in [5.41, 5.74) is 1.98. The fourth-order valence-electron chi connectivity index (χ4n) is 1.46. The van der Waals surface area contributed by atoms with Crippen molar-refractivity contribution < 1.29 is 5.11 Å². The highest BCUT2D eigenvalue weighted by Gasteiger charge is 2.02. The molecule has 2 rings (SSSR count). The van der Waals surface area contributed by atoms with Gasteiger partial charge in [0.25, 0.3) is 0 Å². The van der Waals surface area contributed by atoms with Gasteiger partial charge < -0.3 is 9.67 Å². The van der Waals surface area contributed by atoms with Crippen molar-refractivity contribution in [1.82, 2.24) is 9.55 Å². The van der Waals surface area contributed by atoms with Gasteiger partial charge in [-0.05, 0) is 6.07 Å². The molecule has 0 atom stereocenters. The van der Waals surface area contributed by atoms with Gasteiger partial charge in [-0.3, -0.25) is 4.98 Å². The zero-order chi connectivity index (χ0) is 9.97. The average Bonchev–Trinajstić information content (AvgIpc) is 2.54. The Balaban J connectivity index is 2.66. The van der Waals surface area contributed by atoms with Gasteiger partial charge in [0, 0.05) is 24.8 Å². The molecule has 2 heterocycles. The molecule has 70 valence electrons. The first-order valence-electron chi connectivity index (χ1n) is 4.31.